The van der Waals surface area contributed by atoms with E-state index in [1.54, 1.807) is 0 Å². The second kappa shape index (κ2) is 4.53. The summed E-state index contributed by atoms with van der Waals surface area (Å²) >= 11 is 36.1. The van der Waals surface area contributed by atoms with Crippen LogP contribution < -0.4 is 0 Å². The van der Waals surface area contributed by atoms with Crippen molar-refractivity contribution in [1.29, 1.82) is 0 Å². The largest absolute Gasteiger partial charge is 0.0917 e. The molecule has 0 nitrogen and oxygen atoms in total. The fraction of sp³-hybridized carbons (Fsp3) is 0. The first-order valence-electron chi connectivity index (χ1n) is 1.67. The molecular formula is HIS10. The van der Waals surface area contributed by atoms with E-state index < -0.39 is 13.8 Å². The van der Waals surface area contributed by atoms with Crippen LogP contribution >= 0.6 is 32.9 Å². The lowest BCUT2D eigenvalue weighted by molar-refractivity contribution is 5.31. The molecule has 0 radical (unpaired) electrons. The van der Waals surface area contributed by atoms with E-state index in [9.17, 15) is 0 Å². The van der Waals surface area contributed by atoms with Gasteiger partial charge in [0.1, 0.15) is 0 Å². The van der Waals surface area contributed by atoms with E-state index in [-0.39, 0.29) is 0 Å². The lowest BCUT2D eigenvalue weighted by Crippen LogP contribution is -2.08. The summed E-state index contributed by atoms with van der Waals surface area (Å²) in [6.45, 7) is 0. The van der Waals surface area contributed by atoms with Crippen molar-refractivity contribution in [1.82, 2.24) is 0 Å². The lowest BCUT2D eigenvalue weighted by atomic mass is 30.0. The van der Waals surface area contributed by atoms with Crippen LogP contribution in [0.15, 0.2) is 0 Å². The molecule has 0 bridgehead atoms. The zero-order valence-corrected chi connectivity index (χ0v) is 14.9. The van der Waals surface area contributed by atoms with E-state index >= 15 is 0 Å². The molecule has 68 valence electrons. The summed E-state index contributed by atoms with van der Waals surface area (Å²) in [5.74, 6) is 0. The fourth-order valence-corrected chi connectivity index (χ4v) is 34.7. The van der Waals surface area contributed by atoms with Crippen molar-refractivity contribution in [3.8, 4) is 0 Å². The van der Waals surface area contributed by atoms with Gasteiger partial charge in [-0.05, 0) is 67.1 Å². The average Bonchev–Trinajstić information content (AvgIpc) is 1.58. The number of rotatable bonds is 2. The topological polar surface area (TPSA) is 0 Å². The summed E-state index contributed by atoms with van der Waals surface area (Å²) in [5, 5.41) is -4.14. The molecule has 0 aromatic carbocycles. The third kappa shape index (κ3) is 3.83. The molecule has 0 atom stereocenters. The quantitative estimate of drug-likeness (QED) is 0.290. The Kier molecular flexibility index (Phi) is 5.95. The van der Waals surface area contributed by atoms with E-state index in [2.05, 4.69) is 11.7 Å². The minimum atomic E-state index is -2.07. The highest BCUT2D eigenvalue weighted by Gasteiger charge is 2.16. The highest BCUT2D eigenvalue weighted by Crippen LogP contribution is 2.25. The Balaban J connectivity index is 5.92. The van der Waals surface area contributed by atoms with Gasteiger partial charge in [-0.25, -0.2) is 0 Å². The van der Waals surface area contributed by atoms with Crippen LogP contribution in [0.1, 0.15) is 0 Å². The fourth-order valence-electron chi connectivity index (χ4n) is 0.103. The number of thiol groups is 1. The monoisotopic (exact) mass is 448 g/mol. The molecule has 0 aliphatic heterocycles. The lowest BCUT2D eigenvalue weighted by Gasteiger charge is -2.12. The first-order valence-corrected chi connectivity index (χ1v) is 16.7. The summed E-state index contributed by atoms with van der Waals surface area (Å²) in [5.41, 5.74) is 0. The molecule has 0 aromatic rings. The molecule has 11 heavy (non-hydrogen) atoms. The molecular weight excluding hydrogens is 448 g/mol. The minimum absolute atomic E-state index is 1.86. The highest BCUT2D eigenvalue weighted by atomic mass is 127. The average molecular weight is 449 g/mol. The molecule has 0 N–H and O–H groups in total. The Labute approximate surface area is 111 Å². The Hall–Kier alpha value is 3.45. The second-order valence-electron chi connectivity index (χ2n) is 1.23. The van der Waals surface area contributed by atoms with Gasteiger partial charge >= 0.3 is 0 Å². The van der Waals surface area contributed by atoms with Crippen LogP contribution in [-0.2, 0) is 80.9 Å². The third-order valence-electron chi connectivity index (χ3n) is 0.502. The van der Waals surface area contributed by atoms with Gasteiger partial charge in [0.2, 0.25) is 0 Å². The standard InChI is InChI=1S/HIS10/c1-9(2,3)11(7,8)10(4,5)6/h(H,4,5,6). The van der Waals surface area contributed by atoms with E-state index in [0.717, 1.165) is 0 Å². The van der Waals surface area contributed by atoms with Crippen LogP contribution in [-0.4, -0.2) is 0 Å². The van der Waals surface area contributed by atoms with E-state index in [4.69, 9.17) is 67.1 Å². The van der Waals surface area contributed by atoms with Crippen molar-refractivity contribution in [2.75, 3.05) is 0 Å². The maximum Gasteiger partial charge on any atom is 0.0422 e. The van der Waals surface area contributed by atoms with E-state index in [1.165, 1.54) is 0 Å². The molecule has 0 fully saturated rings. The molecule has 0 unspecified atom stereocenters. The van der Waals surface area contributed by atoms with Crippen LogP contribution in [0.3, 0.4) is 0 Å². The number of hydrogen-bond acceptors (Lipinski definition) is 6. The van der Waals surface area contributed by atoms with Crippen molar-refractivity contribution in [3.63, 3.8) is 0 Å². The van der Waals surface area contributed by atoms with Gasteiger partial charge in [-0.3, -0.25) is 0 Å². The van der Waals surface area contributed by atoms with Crippen LogP contribution in [0.5, 0.6) is 0 Å². The van der Waals surface area contributed by atoms with Crippen LogP contribution in [0.4, 0.5) is 0 Å². The molecule has 0 saturated heterocycles. The number of halogens is 1. The third-order valence-corrected chi connectivity index (χ3v) is 48.4. The van der Waals surface area contributed by atoms with Crippen molar-refractivity contribution in [2.24, 2.45) is 0 Å². The van der Waals surface area contributed by atoms with Gasteiger partial charge in [0.15, 0.2) is 0 Å². The first-order chi connectivity index (χ1) is 4.50. The Morgan fingerprint density at radius 1 is 0.909 bits per heavy atom. The predicted molar refractivity (Wildman–Crippen MR) is 89.3 cm³/mol. The van der Waals surface area contributed by atoms with Gasteiger partial charge in [0.05, 0.1) is 0 Å². The molecule has 11 heteroatoms. The zero-order chi connectivity index (χ0) is 9.50. The molecule has 0 amide bonds. The zero-order valence-electron chi connectivity index (χ0n) is 4.50. The van der Waals surface area contributed by atoms with Gasteiger partial charge in [-0.15, -0.1) is 0 Å². The first kappa shape index (κ1) is 14.5. The summed E-state index contributed by atoms with van der Waals surface area (Å²) in [4.78, 5) is 0. The van der Waals surface area contributed by atoms with Crippen LogP contribution in [0, 0.1) is 0 Å². The maximum absolute atomic E-state index is 5.09. The normalized spacial score (nSPS) is 14.7. The van der Waals surface area contributed by atoms with E-state index in [0.29, 0.717) is 0 Å². The maximum atomic E-state index is 5.09. The smallest absolute Gasteiger partial charge is 0.0422 e. The predicted octanol–water partition coefficient (Wildman–Crippen LogP) is 1.24. The molecule has 0 heterocycles. The van der Waals surface area contributed by atoms with Crippen molar-refractivity contribution >= 4 is 114 Å². The van der Waals surface area contributed by atoms with Crippen molar-refractivity contribution < 1.29 is 0 Å². The van der Waals surface area contributed by atoms with Crippen molar-refractivity contribution in [2.45, 2.75) is 0 Å². The van der Waals surface area contributed by atoms with Gasteiger partial charge in [-0.1, -0.05) is 11.7 Å². The molecule has 0 aliphatic rings. The van der Waals surface area contributed by atoms with Crippen molar-refractivity contribution in [3.05, 3.63) is 0 Å². The Morgan fingerprint density at radius 3 is 1.18 bits per heavy atom. The summed E-state index contributed by atoms with van der Waals surface area (Å²) in [6, 6.07) is 0. The molecule has 0 spiro atoms. The van der Waals surface area contributed by atoms with Crippen LogP contribution in [0.2, 0.25) is 0 Å². The van der Waals surface area contributed by atoms with Gasteiger partial charge in [0, 0.05) is 35.0 Å². The Morgan fingerprint density at radius 2 is 1.18 bits per heavy atom. The van der Waals surface area contributed by atoms with Gasteiger partial charge < -0.3 is 0 Å². The molecule has 0 aromatic heterocycles. The summed E-state index contributed by atoms with van der Waals surface area (Å²) < 4.78 is -1.86. The number of hydrogen-bond donors (Lipinski definition) is 1. The van der Waals surface area contributed by atoms with Gasteiger partial charge in [0.25, 0.3) is 0 Å². The molecule has 0 saturated carbocycles. The van der Waals surface area contributed by atoms with Crippen LogP contribution in [0.25, 0.3) is 0 Å². The Bertz CT molecular complexity index is 383. The second-order valence-corrected chi connectivity index (χ2v) is 39.5. The molecule has 0 aliphatic carbocycles. The molecule has 0 rings (SSSR count). The SMILES string of the molecule is S=S(=S)(S)S(=S)(=S)S(=S)(=S)I. The summed E-state index contributed by atoms with van der Waals surface area (Å²) in [7, 11) is 0. The minimum Gasteiger partial charge on any atom is -0.0917 e. The van der Waals surface area contributed by atoms with E-state index in [1.807, 2.05) is 21.2 Å². The summed E-state index contributed by atoms with van der Waals surface area (Å²) in [6.07, 6.45) is 0. The highest BCUT2D eigenvalue weighted by molar-refractivity contribution is 14.2. The van der Waals surface area contributed by atoms with Gasteiger partial charge in [-0.2, -0.15) is 0 Å².